The molecule has 32 heavy (non-hydrogen) atoms. The summed E-state index contributed by atoms with van der Waals surface area (Å²) in [6, 6.07) is 17.8. The van der Waals surface area contributed by atoms with Gasteiger partial charge in [-0.25, -0.2) is 4.79 Å². The van der Waals surface area contributed by atoms with Crippen LogP contribution in [0.4, 0.5) is 10.5 Å². The number of ether oxygens (including phenoxy) is 1. The number of rotatable bonds is 4. The quantitative estimate of drug-likeness (QED) is 0.780. The van der Waals surface area contributed by atoms with Crippen LogP contribution in [0.5, 0.6) is 5.75 Å². The molecule has 1 spiro atoms. The Morgan fingerprint density at radius 3 is 2.31 bits per heavy atom. The molecule has 6 nitrogen and oxygen atoms in total. The van der Waals surface area contributed by atoms with Gasteiger partial charge >= 0.3 is 6.03 Å². The lowest BCUT2D eigenvalue weighted by Gasteiger charge is -2.39. The molecule has 0 radical (unpaired) electrons. The molecule has 3 aliphatic rings. The van der Waals surface area contributed by atoms with Gasteiger partial charge in [0.25, 0.3) is 0 Å². The summed E-state index contributed by atoms with van der Waals surface area (Å²) in [5, 5.41) is 2.98. The zero-order valence-corrected chi connectivity index (χ0v) is 18.6. The molecule has 0 bridgehead atoms. The maximum absolute atomic E-state index is 13.1. The SMILES string of the molecule is COc1ccccc1NC(=O)N1CCC2(CC1)CCN(C(=O)C1CC1c1ccccc1)C2. The van der Waals surface area contributed by atoms with E-state index in [9.17, 15) is 9.59 Å². The van der Waals surface area contributed by atoms with E-state index >= 15 is 0 Å². The smallest absolute Gasteiger partial charge is 0.321 e. The fraction of sp³-hybridized carbons (Fsp3) is 0.462. The van der Waals surface area contributed by atoms with Gasteiger partial charge in [-0.15, -0.1) is 0 Å². The molecular weight excluding hydrogens is 402 g/mol. The lowest BCUT2D eigenvalue weighted by atomic mass is 9.78. The van der Waals surface area contributed by atoms with Crippen molar-refractivity contribution in [2.45, 2.75) is 31.6 Å². The van der Waals surface area contributed by atoms with Gasteiger partial charge < -0.3 is 19.9 Å². The highest BCUT2D eigenvalue weighted by atomic mass is 16.5. The third-order valence-electron chi connectivity index (χ3n) is 7.55. The van der Waals surface area contributed by atoms with Crippen molar-refractivity contribution in [1.82, 2.24) is 9.80 Å². The summed E-state index contributed by atoms with van der Waals surface area (Å²) < 4.78 is 5.33. The number of hydrogen-bond donors (Lipinski definition) is 1. The van der Waals surface area contributed by atoms with Crippen LogP contribution in [0.3, 0.4) is 0 Å². The van der Waals surface area contributed by atoms with Crippen molar-refractivity contribution in [3.8, 4) is 5.75 Å². The van der Waals surface area contributed by atoms with E-state index in [0.29, 0.717) is 23.3 Å². The zero-order valence-electron chi connectivity index (χ0n) is 18.6. The number of piperidine rings is 1. The van der Waals surface area contributed by atoms with E-state index in [1.54, 1.807) is 7.11 Å². The van der Waals surface area contributed by atoms with Crippen molar-refractivity contribution in [3.63, 3.8) is 0 Å². The van der Waals surface area contributed by atoms with Crippen molar-refractivity contribution in [2.24, 2.45) is 11.3 Å². The summed E-state index contributed by atoms with van der Waals surface area (Å²) >= 11 is 0. The minimum Gasteiger partial charge on any atom is -0.495 e. The Kier molecular flexibility index (Phi) is 5.53. The van der Waals surface area contributed by atoms with Gasteiger partial charge in [-0.3, -0.25) is 4.79 Å². The van der Waals surface area contributed by atoms with E-state index in [0.717, 1.165) is 51.9 Å². The Labute approximate surface area is 189 Å². The summed E-state index contributed by atoms with van der Waals surface area (Å²) in [6.45, 7) is 3.13. The monoisotopic (exact) mass is 433 g/mol. The van der Waals surface area contributed by atoms with Gasteiger partial charge in [0.1, 0.15) is 5.75 Å². The number of carbonyl (C=O) groups is 2. The molecule has 0 aromatic heterocycles. The van der Waals surface area contributed by atoms with Crippen LogP contribution in [-0.4, -0.2) is 55.0 Å². The van der Waals surface area contributed by atoms with Crippen molar-refractivity contribution in [1.29, 1.82) is 0 Å². The molecule has 6 heteroatoms. The van der Waals surface area contributed by atoms with Gasteiger partial charge in [0.05, 0.1) is 12.8 Å². The Morgan fingerprint density at radius 2 is 1.59 bits per heavy atom. The van der Waals surface area contributed by atoms with Crippen LogP contribution in [0.2, 0.25) is 0 Å². The highest BCUT2D eigenvalue weighted by Gasteiger charge is 2.49. The fourth-order valence-electron chi connectivity index (χ4n) is 5.43. The fourth-order valence-corrected chi connectivity index (χ4v) is 5.43. The minimum absolute atomic E-state index is 0.0843. The minimum atomic E-state index is -0.0843. The predicted molar refractivity (Wildman–Crippen MR) is 124 cm³/mol. The van der Waals surface area contributed by atoms with E-state index < -0.39 is 0 Å². The van der Waals surface area contributed by atoms with Gasteiger partial charge in [-0.2, -0.15) is 0 Å². The second-order valence-corrected chi connectivity index (χ2v) is 9.49. The van der Waals surface area contributed by atoms with E-state index in [1.165, 1.54) is 5.56 Å². The molecule has 2 aliphatic heterocycles. The molecule has 2 atom stereocenters. The predicted octanol–water partition coefficient (Wildman–Crippen LogP) is 4.35. The number of anilines is 1. The lowest BCUT2D eigenvalue weighted by molar-refractivity contribution is -0.132. The number of amides is 3. The van der Waals surface area contributed by atoms with Crippen LogP contribution in [0.15, 0.2) is 54.6 Å². The standard InChI is InChI=1S/C26H31N3O3/c1-32-23-10-6-5-9-22(23)27-25(31)28-14-11-26(12-15-28)13-16-29(18-26)24(30)21-17-20(21)19-7-3-2-4-8-19/h2-10,20-21H,11-18H2,1H3,(H,27,31). The summed E-state index contributed by atoms with van der Waals surface area (Å²) in [5.41, 5.74) is 2.14. The summed E-state index contributed by atoms with van der Waals surface area (Å²) in [4.78, 5) is 29.8. The number of benzene rings is 2. The normalized spacial score (nSPS) is 23.8. The van der Waals surface area contributed by atoms with Gasteiger partial charge in [0, 0.05) is 32.1 Å². The molecule has 2 aromatic carbocycles. The van der Waals surface area contributed by atoms with E-state index in [1.807, 2.05) is 35.2 Å². The Bertz CT molecular complexity index is 985. The van der Waals surface area contributed by atoms with Crippen LogP contribution < -0.4 is 10.1 Å². The molecule has 1 saturated carbocycles. The van der Waals surface area contributed by atoms with Gasteiger partial charge in [0.15, 0.2) is 0 Å². The highest BCUT2D eigenvalue weighted by molar-refractivity contribution is 5.91. The second kappa shape index (κ2) is 8.49. The van der Waals surface area contributed by atoms with Crippen molar-refractivity contribution >= 4 is 17.6 Å². The highest BCUT2D eigenvalue weighted by Crippen LogP contribution is 2.50. The lowest BCUT2D eigenvalue weighted by Crippen LogP contribution is -2.46. The molecule has 5 rings (SSSR count). The topological polar surface area (TPSA) is 61.9 Å². The molecule has 2 aromatic rings. The number of hydrogen-bond acceptors (Lipinski definition) is 3. The van der Waals surface area contributed by atoms with Crippen LogP contribution in [0.1, 0.15) is 37.2 Å². The molecule has 2 heterocycles. The molecule has 3 fully saturated rings. The zero-order chi connectivity index (χ0) is 22.1. The van der Waals surface area contributed by atoms with Crippen LogP contribution in [-0.2, 0) is 4.79 Å². The average Bonchev–Trinajstić information content (AvgIpc) is 3.54. The number of methoxy groups -OCH3 is 1. The van der Waals surface area contributed by atoms with Crippen LogP contribution >= 0.6 is 0 Å². The van der Waals surface area contributed by atoms with Crippen molar-refractivity contribution < 1.29 is 14.3 Å². The number of nitrogens with zero attached hydrogens (tertiary/aromatic N) is 2. The van der Waals surface area contributed by atoms with E-state index in [-0.39, 0.29) is 17.4 Å². The third kappa shape index (κ3) is 4.06. The maximum Gasteiger partial charge on any atom is 0.321 e. The molecule has 3 amide bonds. The number of carbonyl (C=O) groups excluding carboxylic acids is 2. The summed E-state index contributed by atoms with van der Waals surface area (Å²) in [7, 11) is 1.60. The number of urea groups is 1. The average molecular weight is 434 g/mol. The van der Waals surface area contributed by atoms with Crippen molar-refractivity contribution in [2.75, 3.05) is 38.6 Å². The maximum atomic E-state index is 13.1. The summed E-state index contributed by atoms with van der Waals surface area (Å²) in [5.74, 6) is 1.53. The third-order valence-corrected chi connectivity index (χ3v) is 7.55. The molecule has 1 aliphatic carbocycles. The molecular formula is C26H31N3O3. The first-order valence-electron chi connectivity index (χ1n) is 11.6. The molecule has 2 unspecified atom stereocenters. The first kappa shape index (κ1) is 20.9. The number of para-hydroxylation sites is 2. The van der Waals surface area contributed by atoms with E-state index in [4.69, 9.17) is 4.74 Å². The van der Waals surface area contributed by atoms with Crippen LogP contribution in [0, 0.1) is 11.3 Å². The molecule has 2 saturated heterocycles. The second-order valence-electron chi connectivity index (χ2n) is 9.49. The summed E-state index contributed by atoms with van der Waals surface area (Å²) in [6.07, 6.45) is 3.92. The largest absolute Gasteiger partial charge is 0.495 e. The first-order valence-corrected chi connectivity index (χ1v) is 11.6. The van der Waals surface area contributed by atoms with Gasteiger partial charge in [-0.05, 0) is 54.7 Å². The Morgan fingerprint density at radius 1 is 0.938 bits per heavy atom. The Hall–Kier alpha value is -3.02. The van der Waals surface area contributed by atoms with Gasteiger partial charge in [-0.1, -0.05) is 42.5 Å². The molecule has 168 valence electrons. The van der Waals surface area contributed by atoms with Crippen molar-refractivity contribution in [3.05, 3.63) is 60.2 Å². The first-order chi connectivity index (χ1) is 15.6. The Balaban J connectivity index is 1.14. The van der Waals surface area contributed by atoms with E-state index in [2.05, 4.69) is 34.5 Å². The number of likely N-dealkylation sites (tertiary alicyclic amines) is 2. The molecule has 1 N–H and O–H groups in total. The van der Waals surface area contributed by atoms with Crippen LogP contribution in [0.25, 0.3) is 0 Å². The number of nitrogens with one attached hydrogen (secondary N) is 1. The van der Waals surface area contributed by atoms with Gasteiger partial charge in [0.2, 0.25) is 5.91 Å².